The Morgan fingerprint density at radius 3 is 2.53 bits per heavy atom. The molecule has 1 fully saturated rings. The molecule has 0 amide bonds. The fourth-order valence-electron chi connectivity index (χ4n) is 2.15. The van der Waals surface area contributed by atoms with Gasteiger partial charge in [-0.1, -0.05) is 0 Å². The van der Waals surface area contributed by atoms with E-state index in [4.69, 9.17) is 10.5 Å². The monoisotopic (exact) mass is 236 g/mol. The van der Waals surface area contributed by atoms with Crippen LogP contribution in [-0.4, -0.2) is 36.8 Å². The van der Waals surface area contributed by atoms with Crippen LogP contribution in [0.4, 0.5) is 5.95 Å². The molecule has 2 rings (SSSR count). The van der Waals surface area contributed by atoms with Gasteiger partial charge in [0, 0.05) is 51.3 Å². The Morgan fingerprint density at radius 2 is 2.00 bits per heavy atom. The predicted octanol–water partition coefficient (Wildman–Crippen LogP) is 0.798. The lowest BCUT2D eigenvalue weighted by atomic mass is 9.98. The minimum Gasteiger partial charge on any atom is -0.384 e. The summed E-state index contributed by atoms with van der Waals surface area (Å²) in [5.41, 5.74) is 6.50. The van der Waals surface area contributed by atoms with Gasteiger partial charge in [-0.2, -0.15) is 0 Å². The van der Waals surface area contributed by atoms with Crippen molar-refractivity contribution < 1.29 is 4.74 Å². The molecule has 1 aliphatic heterocycles. The van der Waals surface area contributed by atoms with Crippen molar-refractivity contribution in [3.05, 3.63) is 18.0 Å². The molecule has 1 saturated heterocycles. The van der Waals surface area contributed by atoms with Gasteiger partial charge in [0.2, 0.25) is 5.95 Å². The van der Waals surface area contributed by atoms with Crippen molar-refractivity contribution in [3.63, 3.8) is 0 Å². The van der Waals surface area contributed by atoms with E-state index in [-0.39, 0.29) is 0 Å². The molecule has 0 aliphatic carbocycles. The quantitative estimate of drug-likeness (QED) is 0.837. The lowest BCUT2D eigenvalue weighted by Gasteiger charge is -2.31. The Hall–Kier alpha value is -1.20. The summed E-state index contributed by atoms with van der Waals surface area (Å²) in [5.74, 6) is 1.50. The average Bonchev–Trinajstić information content (AvgIpc) is 2.40. The fraction of sp³-hybridized carbons (Fsp3) is 0.667. The zero-order valence-corrected chi connectivity index (χ0v) is 10.3. The van der Waals surface area contributed by atoms with Crippen LogP contribution in [0.15, 0.2) is 12.4 Å². The molecular formula is C12H20N4O. The number of hydrogen-bond acceptors (Lipinski definition) is 5. The number of hydrogen-bond donors (Lipinski definition) is 1. The van der Waals surface area contributed by atoms with Gasteiger partial charge < -0.3 is 15.4 Å². The average molecular weight is 236 g/mol. The molecule has 0 spiro atoms. The van der Waals surface area contributed by atoms with Gasteiger partial charge in [0.1, 0.15) is 0 Å². The maximum absolute atomic E-state index is 5.52. The number of piperidine rings is 1. The Kier molecular flexibility index (Phi) is 4.28. The molecule has 0 aromatic carbocycles. The molecule has 94 valence electrons. The molecule has 0 saturated carbocycles. The maximum atomic E-state index is 5.52. The molecule has 0 atom stereocenters. The lowest BCUT2D eigenvalue weighted by Crippen LogP contribution is -2.36. The van der Waals surface area contributed by atoms with E-state index in [0.717, 1.165) is 44.0 Å². The highest BCUT2D eigenvalue weighted by Crippen LogP contribution is 2.20. The molecule has 1 aliphatic rings. The van der Waals surface area contributed by atoms with Crippen LogP contribution in [0.2, 0.25) is 0 Å². The van der Waals surface area contributed by atoms with E-state index in [2.05, 4.69) is 14.9 Å². The van der Waals surface area contributed by atoms with Gasteiger partial charge in [0.05, 0.1) is 0 Å². The summed E-state index contributed by atoms with van der Waals surface area (Å²) in [6.07, 6.45) is 5.92. The normalized spacial score (nSPS) is 17.4. The first kappa shape index (κ1) is 12.3. The molecule has 0 unspecified atom stereocenters. The van der Waals surface area contributed by atoms with Crippen LogP contribution >= 0.6 is 0 Å². The third-order valence-electron chi connectivity index (χ3n) is 3.23. The molecule has 1 aromatic rings. The van der Waals surface area contributed by atoms with Crippen molar-refractivity contribution in [1.82, 2.24) is 9.97 Å². The minimum atomic E-state index is 0.496. The first-order valence-corrected chi connectivity index (χ1v) is 6.08. The van der Waals surface area contributed by atoms with Gasteiger partial charge in [-0.25, -0.2) is 9.97 Å². The predicted molar refractivity (Wildman–Crippen MR) is 66.7 cm³/mol. The van der Waals surface area contributed by atoms with Crippen LogP contribution < -0.4 is 10.6 Å². The Balaban J connectivity index is 1.91. The first-order chi connectivity index (χ1) is 8.33. The van der Waals surface area contributed by atoms with E-state index < -0.39 is 0 Å². The standard InChI is InChI=1S/C12H20N4O/c1-17-9-10-2-4-16(5-3-10)12-14-7-11(6-13)8-15-12/h7-8,10H,2-6,9,13H2,1H3. The van der Waals surface area contributed by atoms with Crippen molar-refractivity contribution >= 4 is 5.95 Å². The molecular weight excluding hydrogens is 216 g/mol. The summed E-state index contributed by atoms with van der Waals surface area (Å²) < 4.78 is 5.19. The van der Waals surface area contributed by atoms with Gasteiger partial charge in [-0.05, 0) is 18.8 Å². The second-order valence-electron chi connectivity index (χ2n) is 4.48. The molecule has 2 heterocycles. The number of nitrogens with two attached hydrogens (primary N) is 1. The lowest BCUT2D eigenvalue weighted by molar-refractivity contribution is 0.139. The topological polar surface area (TPSA) is 64.3 Å². The van der Waals surface area contributed by atoms with E-state index in [1.165, 1.54) is 0 Å². The zero-order chi connectivity index (χ0) is 12.1. The first-order valence-electron chi connectivity index (χ1n) is 6.08. The fourth-order valence-corrected chi connectivity index (χ4v) is 2.15. The van der Waals surface area contributed by atoms with Crippen molar-refractivity contribution in [2.24, 2.45) is 11.7 Å². The second kappa shape index (κ2) is 5.93. The van der Waals surface area contributed by atoms with Crippen molar-refractivity contribution in [3.8, 4) is 0 Å². The Bertz CT molecular complexity index is 333. The van der Waals surface area contributed by atoms with Crippen molar-refractivity contribution in [2.75, 3.05) is 31.7 Å². The minimum absolute atomic E-state index is 0.496. The van der Waals surface area contributed by atoms with Gasteiger partial charge in [-0.3, -0.25) is 0 Å². The molecule has 2 N–H and O–H groups in total. The molecule has 1 aromatic heterocycles. The summed E-state index contributed by atoms with van der Waals surface area (Å²) in [4.78, 5) is 10.9. The summed E-state index contributed by atoms with van der Waals surface area (Å²) in [5, 5.41) is 0. The largest absolute Gasteiger partial charge is 0.384 e. The third kappa shape index (κ3) is 3.14. The smallest absolute Gasteiger partial charge is 0.225 e. The van der Waals surface area contributed by atoms with Gasteiger partial charge >= 0.3 is 0 Å². The molecule has 17 heavy (non-hydrogen) atoms. The van der Waals surface area contributed by atoms with Crippen LogP contribution in [0.5, 0.6) is 0 Å². The highest BCUT2D eigenvalue weighted by Gasteiger charge is 2.20. The van der Waals surface area contributed by atoms with Crippen LogP contribution in [-0.2, 0) is 11.3 Å². The van der Waals surface area contributed by atoms with Crippen molar-refractivity contribution in [2.45, 2.75) is 19.4 Å². The number of aromatic nitrogens is 2. The van der Waals surface area contributed by atoms with Crippen LogP contribution in [0.25, 0.3) is 0 Å². The third-order valence-corrected chi connectivity index (χ3v) is 3.23. The summed E-state index contributed by atoms with van der Waals surface area (Å²) in [7, 11) is 1.76. The second-order valence-corrected chi connectivity index (χ2v) is 4.48. The highest BCUT2D eigenvalue weighted by atomic mass is 16.5. The molecule has 5 heteroatoms. The SMILES string of the molecule is COCC1CCN(c2ncc(CN)cn2)CC1. The molecule has 5 nitrogen and oxygen atoms in total. The van der Waals surface area contributed by atoms with E-state index >= 15 is 0 Å². The van der Waals surface area contributed by atoms with Crippen LogP contribution in [0, 0.1) is 5.92 Å². The molecule has 0 radical (unpaired) electrons. The van der Waals surface area contributed by atoms with E-state index in [1.807, 2.05) is 12.4 Å². The number of anilines is 1. The number of methoxy groups -OCH3 is 1. The van der Waals surface area contributed by atoms with Crippen molar-refractivity contribution in [1.29, 1.82) is 0 Å². The summed E-state index contributed by atoms with van der Waals surface area (Å²) >= 11 is 0. The maximum Gasteiger partial charge on any atom is 0.225 e. The summed E-state index contributed by atoms with van der Waals surface area (Å²) in [6, 6.07) is 0. The van der Waals surface area contributed by atoms with E-state index in [1.54, 1.807) is 7.11 Å². The Morgan fingerprint density at radius 1 is 1.35 bits per heavy atom. The van der Waals surface area contributed by atoms with Gasteiger partial charge in [0.25, 0.3) is 0 Å². The number of nitrogens with zero attached hydrogens (tertiary/aromatic N) is 3. The summed E-state index contributed by atoms with van der Waals surface area (Å²) in [6.45, 7) is 3.38. The molecule has 0 bridgehead atoms. The van der Waals surface area contributed by atoms with Crippen LogP contribution in [0.1, 0.15) is 18.4 Å². The highest BCUT2D eigenvalue weighted by molar-refractivity contribution is 5.30. The Labute approximate surface area is 102 Å². The van der Waals surface area contributed by atoms with E-state index in [9.17, 15) is 0 Å². The van der Waals surface area contributed by atoms with Crippen LogP contribution in [0.3, 0.4) is 0 Å². The zero-order valence-electron chi connectivity index (χ0n) is 10.3. The van der Waals surface area contributed by atoms with E-state index in [0.29, 0.717) is 12.5 Å². The van der Waals surface area contributed by atoms with Gasteiger partial charge in [0.15, 0.2) is 0 Å². The van der Waals surface area contributed by atoms with Gasteiger partial charge in [-0.15, -0.1) is 0 Å². The number of ether oxygens (including phenoxy) is 1. The number of rotatable bonds is 4.